The summed E-state index contributed by atoms with van der Waals surface area (Å²) in [5.74, 6) is 0.742. The third kappa shape index (κ3) is 3.48. The van der Waals surface area contributed by atoms with Crippen LogP contribution in [0, 0.1) is 5.92 Å². The fraction of sp³-hybridized carbons (Fsp3) is 0.375. The van der Waals surface area contributed by atoms with E-state index in [1.54, 1.807) is 6.07 Å². The van der Waals surface area contributed by atoms with Gasteiger partial charge in [0.25, 0.3) is 5.91 Å². The van der Waals surface area contributed by atoms with Crippen molar-refractivity contribution in [2.45, 2.75) is 26.3 Å². The largest absolute Gasteiger partial charge is 0.348 e. The molecule has 0 bridgehead atoms. The SMILES string of the molecule is CC(C)C(CCCl)NC(=O)c1ccc2ccccc2n1. The maximum Gasteiger partial charge on any atom is 0.270 e. The molecule has 0 spiro atoms. The highest BCUT2D eigenvalue weighted by atomic mass is 35.5. The highest BCUT2D eigenvalue weighted by molar-refractivity contribution is 6.17. The third-order valence-corrected chi connectivity index (χ3v) is 3.59. The van der Waals surface area contributed by atoms with Gasteiger partial charge in [0.05, 0.1) is 5.52 Å². The average molecular weight is 291 g/mol. The summed E-state index contributed by atoms with van der Waals surface area (Å²) in [5.41, 5.74) is 1.28. The van der Waals surface area contributed by atoms with Gasteiger partial charge in [0.2, 0.25) is 0 Å². The minimum Gasteiger partial charge on any atom is -0.348 e. The van der Waals surface area contributed by atoms with Crippen molar-refractivity contribution in [1.82, 2.24) is 10.3 Å². The number of alkyl halides is 1. The van der Waals surface area contributed by atoms with Crippen molar-refractivity contribution in [1.29, 1.82) is 0 Å². The molecule has 106 valence electrons. The van der Waals surface area contributed by atoms with Crippen LogP contribution in [0.4, 0.5) is 0 Å². The molecule has 1 heterocycles. The van der Waals surface area contributed by atoms with Crippen LogP contribution in [0.1, 0.15) is 30.8 Å². The lowest BCUT2D eigenvalue weighted by Crippen LogP contribution is -2.39. The predicted octanol–water partition coefficient (Wildman–Crippen LogP) is 3.62. The maximum absolute atomic E-state index is 12.3. The molecule has 2 rings (SSSR count). The topological polar surface area (TPSA) is 42.0 Å². The Morgan fingerprint density at radius 1 is 1.25 bits per heavy atom. The van der Waals surface area contributed by atoms with E-state index in [-0.39, 0.29) is 11.9 Å². The first-order valence-electron chi connectivity index (χ1n) is 6.84. The maximum atomic E-state index is 12.3. The normalized spacial score (nSPS) is 12.6. The zero-order chi connectivity index (χ0) is 14.5. The Kier molecular flexibility index (Phi) is 4.96. The number of pyridine rings is 1. The number of fused-ring (bicyclic) bond motifs is 1. The van der Waals surface area contributed by atoms with Gasteiger partial charge in [-0.05, 0) is 24.5 Å². The lowest BCUT2D eigenvalue weighted by Gasteiger charge is -2.21. The molecular formula is C16H19ClN2O. The number of nitrogens with zero attached hydrogens (tertiary/aromatic N) is 1. The van der Waals surface area contributed by atoms with Gasteiger partial charge in [-0.1, -0.05) is 38.1 Å². The Morgan fingerprint density at radius 3 is 2.70 bits per heavy atom. The molecule has 1 amide bonds. The number of amides is 1. The molecule has 0 saturated heterocycles. The average Bonchev–Trinajstić information content (AvgIpc) is 2.46. The third-order valence-electron chi connectivity index (χ3n) is 3.37. The van der Waals surface area contributed by atoms with Crippen molar-refractivity contribution in [3.8, 4) is 0 Å². The molecule has 1 N–H and O–H groups in total. The van der Waals surface area contributed by atoms with Crippen LogP contribution < -0.4 is 5.32 Å². The van der Waals surface area contributed by atoms with Gasteiger partial charge in [0, 0.05) is 17.3 Å². The number of hydrogen-bond donors (Lipinski definition) is 1. The Bertz CT molecular complexity index is 598. The number of carbonyl (C=O) groups is 1. The smallest absolute Gasteiger partial charge is 0.270 e. The summed E-state index contributed by atoms with van der Waals surface area (Å²) in [7, 11) is 0. The predicted molar refractivity (Wildman–Crippen MR) is 83.2 cm³/mol. The summed E-state index contributed by atoms with van der Waals surface area (Å²) < 4.78 is 0. The quantitative estimate of drug-likeness (QED) is 0.855. The van der Waals surface area contributed by atoms with Crippen molar-refractivity contribution >= 4 is 28.4 Å². The van der Waals surface area contributed by atoms with E-state index in [1.165, 1.54) is 0 Å². The molecule has 2 aromatic rings. The second kappa shape index (κ2) is 6.71. The second-order valence-electron chi connectivity index (χ2n) is 5.19. The molecule has 0 saturated carbocycles. The van der Waals surface area contributed by atoms with Crippen LogP contribution in [0.15, 0.2) is 36.4 Å². The van der Waals surface area contributed by atoms with E-state index in [2.05, 4.69) is 24.1 Å². The number of benzene rings is 1. The highest BCUT2D eigenvalue weighted by Gasteiger charge is 2.17. The standard InChI is InChI=1S/C16H19ClN2O/c1-11(2)13(9-10-17)19-16(20)15-8-7-12-5-3-4-6-14(12)18-15/h3-8,11,13H,9-10H2,1-2H3,(H,19,20). The zero-order valence-corrected chi connectivity index (χ0v) is 12.5. The monoisotopic (exact) mass is 290 g/mol. The van der Waals surface area contributed by atoms with Crippen LogP contribution in [0.5, 0.6) is 0 Å². The van der Waals surface area contributed by atoms with E-state index in [0.717, 1.165) is 17.3 Å². The highest BCUT2D eigenvalue weighted by Crippen LogP contribution is 2.13. The van der Waals surface area contributed by atoms with Gasteiger partial charge in [-0.15, -0.1) is 11.6 Å². The molecule has 0 aliphatic heterocycles. The van der Waals surface area contributed by atoms with Gasteiger partial charge < -0.3 is 5.32 Å². The Hall–Kier alpha value is -1.61. The molecular weight excluding hydrogens is 272 g/mol. The van der Waals surface area contributed by atoms with Crippen LogP contribution in [0.3, 0.4) is 0 Å². The van der Waals surface area contributed by atoms with Crippen LogP contribution >= 0.6 is 11.6 Å². The zero-order valence-electron chi connectivity index (χ0n) is 11.8. The van der Waals surface area contributed by atoms with Gasteiger partial charge in [-0.2, -0.15) is 0 Å². The number of aromatic nitrogens is 1. The molecule has 4 heteroatoms. The number of hydrogen-bond acceptors (Lipinski definition) is 2. The number of halogens is 1. The van der Waals surface area contributed by atoms with Crippen molar-refractivity contribution in [3.05, 3.63) is 42.1 Å². The summed E-state index contributed by atoms with van der Waals surface area (Å²) >= 11 is 5.78. The van der Waals surface area contributed by atoms with Gasteiger partial charge in [-0.3, -0.25) is 4.79 Å². The van der Waals surface area contributed by atoms with E-state index in [0.29, 0.717) is 17.5 Å². The van der Waals surface area contributed by atoms with Crippen molar-refractivity contribution in [2.75, 3.05) is 5.88 Å². The molecule has 1 unspecified atom stereocenters. The summed E-state index contributed by atoms with van der Waals surface area (Å²) in [4.78, 5) is 16.7. The molecule has 1 atom stereocenters. The minimum absolute atomic E-state index is 0.0771. The molecule has 0 aliphatic rings. The molecule has 1 aromatic carbocycles. The molecule has 20 heavy (non-hydrogen) atoms. The molecule has 0 aliphatic carbocycles. The first-order chi connectivity index (χ1) is 9.61. The van der Waals surface area contributed by atoms with Crippen LogP contribution in [0.25, 0.3) is 10.9 Å². The van der Waals surface area contributed by atoms with Gasteiger partial charge >= 0.3 is 0 Å². The molecule has 1 aromatic heterocycles. The van der Waals surface area contributed by atoms with Gasteiger partial charge in [0.1, 0.15) is 5.69 Å². The Morgan fingerprint density at radius 2 is 2.00 bits per heavy atom. The number of rotatable bonds is 5. The Labute approximate surface area is 124 Å². The van der Waals surface area contributed by atoms with Crippen LogP contribution in [-0.4, -0.2) is 22.8 Å². The molecule has 0 radical (unpaired) electrons. The van der Waals surface area contributed by atoms with E-state index in [9.17, 15) is 4.79 Å². The Balaban J connectivity index is 2.18. The van der Waals surface area contributed by atoms with E-state index < -0.39 is 0 Å². The minimum atomic E-state index is -0.139. The van der Waals surface area contributed by atoms with Crippen molar-refractivity contribution < 1.29 is 4.79 Å². The van der Waals surface area contributed by atoms with Gasteiger partial charge in [-0.25, -0.2) is 4.98 Å². The van der Waals surface area contributed by atoms with Crippen LogP contribution in [-0.2, 0) is 0 Å². The van der Waals surface area contributed by atoms with E-state index >= 15 is 0 Å². The van der Waals surface area contributed by atoms with Crippen molar-refractivity contribution in [2.24, 2.45) is 5.92 Å². The summed E-state index contributed by atoms with van der Waals surface area (Å²) in [5, 5.41) is 4.05. The first kappa shape index (κ1) is 14.8. The number of nitrogens with one attached hydrogen (secondary N) is 1. The van der Waals surface area contributed by atoms with E-state index in [1.807, 2.05) is 30.3 Å². The van der Waals surface area contributed by atoms with E-state index in [4.69, 9.17) is 11.6 Å². The summed E-state index contributed by atoms with van der Waals surface area (Å²) in [6.45, 7) is 4.15. The summed E-state index contributed by atoms with van der Waals surface area (Å²) in [6, 6.07) is 11.5. The lowest BCUT2D eigenvalue weighted by atomic mass is 10.0. The molecule has 3 nitrogen and oxygen atoms in total. The lowest BCUT2D eigenvalue weighted by molar-refractivity contribution is 0.0920. The summed E-state index contributed by atoms with van der Waals surface area (Å²) in [6.07, 6.45) is 0.762. The number of carbonyl (C=O) groups excluding carboxylic acids is 1. The first-order valence-corrected chi connectivity index (χ1v) is 7.38. The van der Waals surface area contributed by atoms with Crippen molar-refractivity contribution in [3.63, 3.8) is 0 Å². The van der Waals surface area contributed by atoms with Gasteiger partial charge in [0.15, 0.2) is 0 Å². The fourth-order valence-corrected chi connectivity index (χ4v) is 2.36. The number of para-hydroxylation sites is 1. The second-order valence-corrected chi connectivity index (χ2v) is 5.57. The fourth-order valence-electron chi connectivity index (χ4n) is 2.12. The van der Waals surface area contributed by atoms with Crippen LogP contribution in [0.2, 0.25) is 0 Å². The molecule has 0 fully saturated rings.